The molecule has 5 rings (SSSR count). The predicted octanol–water partition coefficient (Wildman–Crippen LogP) is 5.06. The van der Waals surface area contributed by atoms with Gasteiger partial charge in [0.05, 0.1) is 5.39 Å². The molecule has 0 radical (unpaired) electrons. The Morgan fingerprint density at radius 1 is 0.880 bits per heavy atom. The Balaban J connectivity index is 1.89. The summed E-state index contributed by atoms with van der Waals surface area (Å²) in [6.07, 6.45) is 0. The van der Waals surface area contributed by atoms with Gasteiger partial charge in [-0.15, -0.1) is 0 Å². The van der Waals surface area contributed by atoms with Crippen LogP contribution in [0, 0.1) is 6.92 Å². The minimum Gasteiger partial charge on any atom is -0.435 e. The first kappa shape index (κ1) is 14.0. The van der Waals surface area contributed by atoms with Gasteiger partial charge in [-0.05, 0) is 35.9 Å². The summed E-state index contributed by atoms with van der Waals surface area (Å²) in [5.74, 6) is 0.424. The Hall–Kier alpha value is -3.40. The number of oxazole rings is 1. The van der Waals surface area contributed by atoms with Crippen molar-refractivity contribution in [1.82, 2.24) is 4.98 Å². The van der Waals surface area contributed by atoms with Crippen LogP contribution in [0.2, 0.25) is 0 Å². The summed E-state index contributed by atoms with van der Waals surface area (Å²) in [6, 6.07) is 19.6. The van der Waals surface area contributed by atoms with Crippen LogP contribution >= 0.6 is 0 Å². The number of hydrogen-bond acceptors (Lipinski definition) is 4. The molecule has 2 heterocycles. The Kier molecular flexibility index (Phi) is 2.82. The number of aryl methyl sites for hydroxylation is 1. The van der Waals surface area contributed by atoms with Gasteiger partial charge in [-0.2, -0.15) is 0 Å². The van der Waals surface area contributed by atoms with E-state index in [1.807, 2.05) is 61.5 Å². The zero-order valence-corrected chi connectivity index (χ0v) is 13.4. The third-order valence-corrected chi connectivity index (χ3v) is 4.42. The van der Waals surface area contributed by atoms with Gasteiger partial charge in [0.25, 0.3) is 0 Å². The Morgan fingerprint density at radius 3 is 2.64 bits per heavy atom. The number of fused-ring (bicyclic) bond motifs is 4. The molecule has 0 amide bonds. The molecule has 2 aromatic heterocycles. The van der Waals surface area contributed by atoms with E-state index in [1.54, 1.807) is 6.07 Å². The standard InChI is InChI=1S/C21H13NO3/c1-12-9-10-17-16(11-12)19-18(21(23)24-17)22-20(25-19)15-8-4-6-13-5-2-3-7-14(13)15/h2-11H,1H3. The Morgan fingerprint density at radius 2 is 1.72 bits per heavy atom. The number of benzene rings is 3. The summed E-state index contributed by atoms with van der Waals surface area (Å²) in [6.45, 7) is 1.98. The minimum atomic E-state index is -0.485. The normalized spacial score (nSPS) is 11.6. The van der Waals surface area contributed by atoms with Crippen LogP contribution in [0.15, 0.2) is 74.3 Å². The number of nitrogens with zero attached hydrogens (tertiary/aromatic N) is 1. The maximum atomic E-state index is 12.3. The van der Waals surface area contributed by atoms with Crippen LogP contribution in [-0.2, 0) is 0 Å². The number of aromatic nitrogens is 1. The third kappa shape index (κ3) is 2.08. The van der Waals surface area contributed by atoms with Crippen LogP contribution in [0.4, 0.5) is 0 Å². The molecule has 0 unspecified atom stereocenters. The summed E-state index contributed by atoms with van der Waals surface area (Å²) < 4.78 is 11.4. The van der Waals surface area contributed by atoms with Gasteiger partial charge in [-0.25, -0.2) is 9.78 Å². The van der Waals surface area contributed by atoms with E-state index >= 15 is 0 Å². The molecular formula is C21H13NO3. The van der Waals surface area contributed by atoms with E-state index in [9.17, 15) is 4.79 Å². The van der Waals surface area contributed by atoms with Crippen molar-refractivity contribution in [2.75, 3.05) is 0 Å². The lowest BCUT2D eigenvalue weighted by molar-refractivity contribution is 0.565. The fraction of sp³-hybridized carbons (Fsp3) is 0.0476. The number of hydrogen-bond donors (Lipinski definition) is 0. The highest BCUT2D eigenvalue weighted by Crippen LogP contribution is 2.32. The van der Waals surface area contributed by atoms with Crippen molar-refractivity contribution in [3.8, 4) is 11.5 Å². The summed E-state index contributed by atoms with van der Waals surface area (Å²) in [5, 5.41) is 2.88. The molecule has 0 bridgehead atoms. The minimum absolute atomic E-state index is 0.223. The van der Waals surface area contributed by atoms with Crippen molar-refractivity contribution in [2.24, 2.45) is 0 Å². The van der Waals surface area contributed by atoms with Gasteiger partial charge in [-0.3, -0.25) is 0 Å². The molecule has 0 aliphatic carbocycles. The highest BCUT2D eigenvalue weighted by atomic mass is 16.4. The zero-order chi connectivity index (χ0) is 17.0. The van der Waals surface area contributed by atoms with Crippen LogP contribution in [0.1, 0.15) is 5.56 Å². The van der Waals surface area contributed by atoms with Gasteiger partial charge in [0.15, 0.2) is 11.1 Å². The fourth-order valence-corrected chi connectivity index (χ4v) is 3.23. The maximum Gasteiger partial charge on any atom is 0.366 e. The van der Waals surface area contributed by atoms with Gasteiger partial charge in [0, 0.05) is 5.56 Å². The van der Waals surface area contributed by atoms with Crippen molar-refractivity contribution >= 4 is 32.8 Å². The van der Waals surface area contributed by atoms with Crippen molar-refractivity contribution < 1.29 is 8.83 Å². The molecule has 0 spiro atoms. The van der Waals surface area contributed by atoms with Crippen LogP contribution in [0.5, 0.6) is 0 Å². The molecule has 0 saturated heterocycles. The Labute approximate surface area is 142 Å². The maximum absolute atomic E-state index is 12.3. The lowest BCUT2D eigenvalue weighted by Gasteiger charge is -2.02. The fourth-order valence-electron chi connectivity index (χ4n) is 3.23. The molecule has 0 aliphatic heterocycles. The average Bonchev–Trinajstić information content (AvgIpc) is 3.08. The second kappa shape index (κ2) is 5.05. The topological polar surface area (TPSA) is 56.2 Å². The van der Waals surface area contributed by atoms with Crippen molar-refractivity contribution in [1.29, 1.82) is 0 Å². The molecule has 4 nitrogen and oxygen atoms in total. The van der Waals surface area contributed by atoms with Gasteiger partial charge < -0.3 is 8.83 Å². The largest absolute Gasteiger partial charge is 0.435 e. The highest BCUT2D eigenvalue weighted by Gasteiger charge is 2.17. The summed E-state index contributed by atoms with van der Waals surface area (Å²) >= 11 is 0. The van der Waals surface area contributed by atoms with E-state index in [-0.39, 0.29) is 5.52 Å². The second-order valence-corrected chi connectivity index (χ2v) is 6.11. The van der Waals surface area contributed by atoms with Crippen LogP contribution < -0.4 is 5.63 Å². The van der Waals surface area contributed by atoms with Gasteiger partial charge in [0.2, 0.25) is 5.89 Å². The molecule has 3 aromatic carbocycles. The van der Waals surface area contributed by atoms with Crippen molar-refractivity contribution in [2.45, 2.75) is 6.92 Å². The molecule has 0 aliphatic rings. The third-order valence-electron chi connectivity index (χ3n) is 4.42. The van der Waals surface area contributed by atoms with E-state index in [1.165, 1.54) is 0 Å². The zero-order valence-electron chi connectivity index (χ0n) is 13.4. The second-order valence-electron chi connectivity index (χ2n) is 6.11. The smallest absolute Gasteiger partial charge is 0.366 e. The van der Waals surface area contributed by atoms with Gasteiger partial charge in [0.1, 0.15) is 5.58 Å². The van der Waals surface area contributed by atoms with E-state index < -0.39 is 5.63 Å². The first-order chi connectivity index (χ1) is 12.2. The van der Waals surface area contributed by atoms with E-state index in [2.05, 4.69) is 4.98 Å². The summed E-state index contributed by atoms with van der Waals surface area (Å²) in [4.78, 5) is 16.7. The molecule has 5 aromatic rings. The molecule has 25 heavy (non-hydrogen) atoms. The molecule has 120 valence electrons. The van der Waals surface area contributed by atoms with Gasteiger partial charge in [-0.1, -0.05) is 48.0 Å². The Bertz CT molecular complexity index is 1320. The SMILES string of the molecule is Cc1ccc2oc(=O)c3nc(-c4cccc5ccccc45)oc3c2c1. The first-order valence-corrected chi connectivity index (χ1v) is 8.03. The van der Waals surface area contributed by atoms with E-state index in [0.717, 1.165) is 27.3 Å². The van der Waals surface area contributed by atoms with Crippen molar-refractivity contribution in [3.05, 3.63) is 76.6 Å². The first-order valence-electron chi connectivity index (χ1n) is 8.03. The quantitative estimate of drug-likeness (QED) is 0.404. The molecule has 4 heteroatoms. The highest BCUT2D eigenvalue weighted by molar-refractivity contribution is 6.01. The molecule has 0 atom stereocenters. The summed E-state index contributed by atoms with van der Waals surface area (Å²) in [5.41, 5.74) is 2.63. The predicted molar refractivity (Wildman–Crippen MR) is 97.7 cm³/mol. The van der Waals surface area contributed by atoms with Gasteiger partial charge >= 0.3 is 5.63 Å². The molecule has 0 saturated carbocycles. The van der Waals surface area contributed by atoms with E-state index in [4.69, 9.17) is 8.83 Å². The van der Waals surface area contributed by atoms with Crippen molar-refractivity contribution in [3.63, 3.8) is 0 Å². The number of rotatable bonds is 1. The molecular weight excluding hydrogens is 314 g/mol. The average molecular weight is 327 g/mol. The van der Waals surface area contributed by atoms with Crippen LogP contribution in [-0.4, -0.2) is 4.98 Å². The molecule has 0 fully saturated rings. The molecule has 0 N–H and O–H groups in total. The lowest BCUT2D eigenvalue weighted by Crippen LogP contribution is -1.99. The monoisotopic (exact) mass is 327 g/mol. The lowest BCUT2D eigenvalue weighted by atomic mass is 10.0. The van der Waals surface area contributed by atoms with Crippen LogP contribution in [0.3, 0.4) is 0 Å². The van der Waals surface area contributed by atoms with E-state index in [0.29, 0.717) is 17.1 Å². The summed E-state index contributed by atoms with van der Waals surface area (Å²) in [7, 11) is 0. The van der Waals surface area contributed by atoms with Crippen LogP contribution in [0.25, 0.3) is 44.3 Å².